The Labute approximate surface area is 183 Å². The van der Waals surface area contributed by atoms with Crippen molar-refractivity contribution >= 4 is 33.2 Å². The van der Waals surface area contributed by atoms with Crippen molar-refractivity contribution in [2.75, 3.05) is 32.6 Å². The number of hydrogen-bond acceptors (Lipinski definition) is 5. The van der Waals surface area contributed by atoms with Crippen LogP contribution in [-0.4, -0.2) is 45.9 Å². The number of hydrogen-bond donors (Lipinski definition) is 1. The molecule has 0 aliphatic carbocycles. The topological polar surface area (TPSA) is 84.9 Å². The van der Waals surface area contributed by atoms with Gasteiger partial charge in [-0.25, -0.2) is 12.7 Å². The first-order valence-corrected chi connectivity index (χ1v) is 11.5. The highest BCUT2D eigenvalue weighted by Gasteiger charge is 2.21. The van der Waals surface area contributed by atoms with Gasteiger partial charge in [-0.3, -0.25) is 4.79 Å². The summed E-state index contributed by atoms with van der Waals surface area (Å²) in [5.41, 5.74) is 0.536. The highest BCUT2D eigenvalue weighted by Crippen LogP contribution is 2.31. The van der Waals surface area contributed by atoms with E-state index in [0.717, 1.165) is 17.1 Å². The van der Waals surface area contributed by atoms with Crippen molar-refractivity contribution in [1.29, 1.82) is 0 Å². The minimum atomic E-state index is -3.70. The van der Waals surface area contributed by atoms with Gasteiger partial charge in [-0.2, -0.15) is 0 Å². The van der Waals surface area contributed by atoms with Crippen LogP contribution in [0.2, 0.25) is 5.02 Å². The van der Waals surface area contributed by atoms with Gasteiger partial charge in [-0.05, 0) is 43.2 Å². The number of ether oxygens (including phenoxy) is 2. The molecule has 0 fully saturated rings. The lowest BCUT2D eigenvalue weighted by Crippen LogP contribution is -2.23. The molecule has 0 atom stereocenters. The van der Waals surface area contributed by atoms with E-state index >= 15 is 0 Å². The summed E-state index contributed by atoms with van der Waals surface area (Å²) in [4.78, 5) is 12.8. The van der Waals surface area contributed by atoms with E-state index < -0.39 is 15.9 Å². The molecule has 2 aromatic rings. The predicted octanol–water partition coefficient (Wildman–Crippen LogP) is 4.42. The van der Waals surface area contributed by atoms with E-state index in [1.807, 2.05) is 13.8 Å². The Balaban J connectivity index is 2.31. The molecule has 0 aliphatic rings. The van der Waals surface area contributed by atoms with Gasteiger partial charge in [-0.15, -0.1) is 0 Å². The third-order valence-corrected chi connectivity index (χ3v) is 6.23. The molecule has 0 radical (unpaired) electrons. The molecular formula is C21H27ClN2O5S. The van der Waals surface area contributed by atoms with Crippen molar-refractivity contribution < 1.29 is 22.7 Å². The van der Waals surface area contributed by atoms with Crippen LogP contribution >= 0.6 is 11.6 Å². The monoisotopic (exact) mass is 454 g/mol. The lowest BCUT2D eigenvalue weighted by atomic mass is 10.2. The van der Waals surface area contributed by atoms with Crippen molar-refractivity contribution in [2.45, 2.75) is 31.6 Å². The molecule has 2 aromatic carbocycles. The number of benzene rings is 2. The highest BCUT2D eigenvalue weighted by molar-refractivity contribution is 7.89. The molecule has 7 nitrogen and oxygen atoms in total. The van der Waals surface area contributed by atoms with Crippen molar-refractivity contribution in [2.24, 2.45) is 0 Å². The van der Waals surface area contributed by atoms with E-state index in [4.69, 9.17) is 21.1 Å². The van der Waals surface area contributed by atoms with Crippen LogP contribution in [0.25, 0.3) is 0 Å². The number of nitrogens with one attached hydrogen (secondary N) is 1. The van der Waals surface area contributed by atoms with Crippen LogP contribution < -0.4 is 14.8 Å². The van der Waals surface area contributed by atoms with Crippen LogP contribution in [-0.2, 0) is 10.0 Å². The summed E-state index contributed by atoms with van der Waals surface area (Å²) in [7, 11) is -0.855. The number of amides is 1. The van der Waals surface area contributed by atoms with Crippen LogP contribution in [0.1, 0.15) is 37.0 Å². The maximum Gasteiger partial charge on any atom is 0.257 e. The Bertz CT molecular complexity index is 993. The minimum absolute atomic E-state index is 0.0164. The molecule has 0 aliphatic heterocycles. The SMILES string of the molecule is CCCOc1ccc(NC(=O)c2cc(S(=O)(=O)N(C)C)ccc2Cl)cc1OCCC. The zero-order valence-corrected chi connectivity index (χ0v) is 19.1. The van der Waals surface area contributed by atoms with Crippen LogP contribution in [0.3, 0.4) is 0 Å². The summed E-state index contributed by atoms with van der Waals surface area (Å²) in [6.07, 6.45) is 1.68. The summed E-state index contributed by atoms with van der Waals surface area (Å²) >= 11 is 6.16. The Morgan fingerprint density at radius 3 is 2.23 bits per heavy atom. The average Bonchev–Trinajstić information content (AvgIpc) is 2.71. The van der Waals surface area contributed by atoms with Crippen LogP contribution in [0.4, 0.5) is 5.69 Å². The van der Waals surface area contributed by atoms with Gasteiger partial charge in [-0.1, -0.05) is 25.4 Å². The Morgan fingerprint density at radius 1 is 1.00 bits per heavy atom. The molecule has 0 unspecified atom stereocenters. The molecule has 1 N–H and O–H groups in total. The van der Waals surface area contributed by atoms with E-state index in [2.05, 4.69) is 5.32 Å². The maximum absolute atomic E-state index is 12.8. The lowest BCUT2D eigenvalue weighted by Gasteiger charge is -2.15. The van der Waals surface area contributed by atoms with E-state index in [1.54, 1.807) is 18.2 Å². The van der Waals surface area contributed by atoms with Gasteiger partial charge in [0.15, 0.2) is 11.5 Å². The van der Waals surface area contributed by atoms with E-state index in [9.17, 15) is 13.2 Å². The molecule has 0 spiro atoms. The second-order valence-electron chi connectivity index (χ2n) is 6.74. The third-order valence-electron chi connectivity index (χ3n) is 4.09. The van der Waals surface area contributed by atoms with Gasteiger partial charge in [0.05, 0.1) is 28.7 Å². The zero-order chi connectivity index (χ0) is 22.3. The van der Waals surface area contributed by atoms with Crippen molar-refractivity contribution in [1.82, 2.24) is 4.31 Å². The van der Waals surface area contributed by atoms with Crippen LogP contribution in [0.15, 0.2) is 41.3 Å². The summed E-state index contributed by atoms with van der Waals surface area (Å²) in [6.45, 7) is 5.07. The van der Waals surface area contributed by atoms with Crippen molar-refractivity contribution in [3.05, 3.63) is 47.0 Å². The lowest BCUT2D eigenvalue weighted by molar-refractivity contribution is 0.102. The van der Waals surface area contributed by atoms with Gasteiger partial charge in [0.1, 0.15) is 0 Å². The molecule has 0 saturated heterocycles. The van der Waals surface area contributed by atoms with Gasteiger partial charge < -0.3 is 14.8 Å². The molecule has 0 aromatic heterocycles. The Hall–Kier alpha value is -2.29. The molecule has 2 rings (SSSR count). The quantitative estimate of drug-likeness (QED) is 0.574. The molecular weight excluding hydrogens is 428 g/mol. The number of carbonyl (C=O) groups excluding carboxylic acids is 1. The first-order valence-electron chi connectivity index (χ1n) is 9.63. The fraction of sp³-hybridized carbons (Fsp3) is 0.381. The molecule has 164 valence electrons. The molecule has 30 heavy (non-hydrogen) atoms. The Kier molecular flexibility index (Phi) is 8.52. The van der Waals surface area contributed by atoms with Crippen LogP contribution in [0, 0.1) is 0 Å². The molecule has 1 amide bonds. The minimum Gasteiger partial charge on any atom is -0.490 e. The van der Waals surface area contributed by atoms with Gasteiger partial charge in [0.2, 0.25) is 10.0 Å². The number of halogens is 1. The fourth-order valence-corrected chi connectivity index (χ4v) is 3.62. The Morgan fingerprint density at radius 2 is 1.63 bits per heavy atom. The van der Waals surface area contributed by atoms with E-state index in [-0.39, 0.29) is 15.5 Å². The standard InChI is InChI=1S/C21H27ClN2O5S/c1-5-11-28-19-10-7-15(13-20(19)29-12-6-2)23-21(25)17-14-16(8-9-18(17)22)30(26,27)24(3)4/h7-10,13-14H,5-6,11-12H2,1-4H3,(H,23,25). The first-order chi connectivity index (χ1) is 14.2. The van der Waals surface area contributed by atoms with Crippen LogP contribution in [0.5, 0.6) is 11.5 Å². The number of rotatable bonds is 10. The summed E-state index contributed by atoms with van der Waals surface area (Å²) in [6, 6.07) is 9.11. The van der Waals surface area contributed by atoms with Gasteiger partial charge in [0.25, 0.3) is 5.91 Å². The van der Waals surface area contributed by atoms with Gasteiger partial charge >= 0.3 is 0 Å². The first kappa shape index (κ1) is 24.0. The third kappa shape index (κ3) is 5.87. The smallest absolute Gasteiger partial charge is 0.257 e. The summed E-state index contributed by atoms with van der Waals surface area (Å²) < 4.78 is 37.2. The molecule has 0 heterocycles. The number of nitrogens with zero attached hydrogens (tertiary/aromatic N) is 1. The van der Waals surface area contributed by atoms with Crippen molar-refractivity contribution in [3.63, 3.8) is 0 Å². The normalized spacial score (nSPS) is 11.4. The number of sulfonamides is 1. The average molecular weight is 455 g/mol. The van der Waals surface area contributed by atoms with Crippen molar-refractivity contribution in [3.8, 4) is 11.5 Å². The fourth-order valence-electron chi connectivity index (χ4n) is 2.49. The summed E-state index contributed by atoms with van der Waals surface area (Å²) in [5, 5.41) is 2.89. The highest BCUT2D eigenvalue weighted by atomic mass is 35.5. The van der Waals surface area contributed by atoms with E-state index in [1.165, 1.54) is 32.3 Å². The number of anilines is 1. The second kappa shape index (κ2) is 10.7. The maximum atomic E-state index is 12.8. The largest absolute Gasteiger partial charge is 0.490 e. The summed E-state index contributed by atoms with van der Waals surface area (Å²) in [5.74, 6) is 0.595. The molecule has 9 heteroatoms. The zero-order valence-electron chi connectivity index (χ0n) is 17.6. The van der Waals surface area contributed by atoms with Gasteiger partial charge in [0, 0.05) is 25.8 Å². The second-order valence-corrected chi connectivity index (χ2v) is 9.30. The van der Waals surface area contributed by atoms with E-state index in [0.29, 0.717) is 30.4 Å². The molecule has 0 saturated carbocycles. The predicted molar refractivity (Wildman–Crippen MR) is 118 cm³/mol. The number of carbonyl (C=O) groups is 1. The molecule has 0 bridgehead atoms.